The van der Waals surface area contributed by atoms with E-state index in [2.05, 4.69) is 26.5 Å². The minimum Gasteiger partial charge on any atom is -0.382 e. The number of rotatable bonds is 4. The first-order valence-corrected chi connectivity index (χ1v) is 4.12. The first-order chi connectivity index (χ1) is 6.28. The van der Waals surface area contributed by atoms with Crippen LogP contribution in [0.2, 0.25) is 0 Å². The highest BCUT2D eigenvalue weighted by Crippen LogP contribution is 2.28. The van der Waals surface area contributed by atoms with Crippen LogP contribution >= 0.6 is 0 Å². The third-order valence-corrected chi connectivity index (χ3v) is 1.82. The third-order valence-electron chi connectivity index (χ3n) is 1.82. The van der Waals surface area contributed by atoms with Gasteiger partial charge in [-0.25, -0.2) is 0 Å². The molecule has 0 amide bonds. The lowest BCUT2D eigenvalue weighted by atomic mass is 10.4. The van der Waals surface area contributed by atoms with Gasteiger partial charge in [-0.05, 0) is 0 Å². The van der Waals surface area contributed by atoms with Gasteiger partial charge >= 0.3 is 0 Å². The van der Waals surface area contributed by atoms with Gasteiger partial charge in [0.1, 0.15) is 5.69 Å². The van der Waals surface area contributed by atoms with Crippen LogP contribution in [0, 0.1) is 0 Å². The van der Waals surface area contributed by atoms with Crippen molar-refractivity contribution in [2.45, 2.75) is 0 Å². The van der Waals surface area contributed by atoms with Crippen LogP contribution in [-0.4, -0.2) is 38.1 Å². The third kappa shape index (κ3) is 1.47. The monoisotopic (exact) mass is 184 g/mol. The molecule has 0 aliphatic carbocycles. The van der Waals surface area contributed by atoms with Crippen molar-refractivity contribution >= 4 is 17.3 Å². The van der Waals surface area contributed by atoms with Crippen molar-refractivity contribution in [1.82, 2.24) is 9.89 Å². The van der Waals surface area contributed by atoms with E-state index >= 15 is 0 Å². The van der Waals surface area contributed by atoms with E-state index in [-0.39, 0.29) is 0 Å². The van der Waals surface area contributed by atoms with E-state index in [1.807, 2.05) is 28.2 Å². The van der Waals surface area contributed by atoms with Crippen LogP contribution in [0.15, 0.2) is 0 Å². The largest absolute Gasteiger partial charge is 0.382 e. The molecule has 0 aliphatic rings. The van der Waals surface area contributed by atoms with Crippen LogP contribution < -0.4 is 21.4 Å². The van der Waals surface area contributed by atoms with Crippen LogP contribution in [-0.2, 0) is 0 Å². The van der Waals surface area contributed by atoms with Gasteiger partial charge in [0.2, 0.25) is 0 Å². The Kier molecular flexibility index (Phi) is 2.84. The zero-order valence-corrected chi connectivity index (χ0v) is 8.39. The molecule has 0 radical (unpaired) electrons. The second-order valence-corrected chi connectivity index (χ2v) is 2.46. The van der Waals surface area contributed by atoms with Crippen LogP contribution in [0.25, 0.3) is 0 Å². The quantitative estimate of drug-likeness (QED) is 0.537. The summed E-state index contributed by atoms with van der Waals surface area (Å²) in [5, 5.41) is 13.4. The summed E-state index contributed by atoms with van der Waals surface area (Å²) in [7, 11) is 7.36. The lowest BCUT2D eigenvalue weighted by Gasteiger charge is -2.06. The predicted octanol–water partition coefficient (Wildman–Crippen LogP) is 0.181. The molecule has 0 aliphatic heterocycles. The zero-order chi connectivity index (χ0) is 9.84. The SMILES string of the molecule is CNc1nn(NC)c(NC)c1NC. The molecular weight excluding hydrogens is 168 g/mol. The molecule has 4 N–H and O–H groups in total. The van der Waals surface area contributed by atoms with Crippen LogP contribution in [0.5, 0.6) is 0 Å². The van der Waals surface area contributed by atoms with Crippen molar-refractivity contribution in [1.29, 1.82) is 0 Å². The normalized spacial score (nSPS) is 9.54. The summed E-state index contributed by atoms with van der Waals surface area (Å²) in [5.74, 6) is 1.70. The fourth-order valence-electron chi connectivity index (χ4n) is 1.22. The number of nitrogens with zero attached hydrogens (tertiary/aromatic N) is 2. The maximum atomic E-state index is 4.26. The van der Waals surface area contributed by atoms with Gasteiger partial charge < -0.3 is 21.4 Å². The highest BCUT2D eigenvalue weighted by molar-refractivity contribution is 5.78. The molecule has 6 heteroatoms. The Balaban J connectivity index is 3.17. The van der Waals surface area contributed by atoms with Gasteiger partial charge in [0.25, 0.3) is 0 Å². The molecule has 0 aromatic carbocycles. The highest BCUT2D eigenvalue weighted by atomic mass is 15.6. The Labute approximate surface area is 77.7 Å². The predicted molar refractivity (Wildman–Crippen MR) is 56.2 cm³/mol. The van der Waals surface area contributed by atoms with Gasteiger partial charge in [0, 0.05) is 28.2 Å². The molecular formula is C7H16N6. The summed E-state index contributed by atoms with van der Waals surface area (Å²) in [5.41, 5.74) is 3.88. The molecule has 0 unspecified atom stereocenters. The lowest BCUT2D eigenvalue weighted by molar-refractivity contribution is 0.791. The summed E-state index contributed by atoms with van der Waals surface area (Å²) in [6.07, 6.45) is 0. The minimum atomic E-state index is 0.807. The van der Waals surface area contributed by atoms with Gasteiger partial charge in [-0.2, -0.15) is 4.79 Å². The van der Waals surface area contributed by atoms with Gasteiger partial charge in [-0.15, -0.1) is 5.10 Å². The first kappa shape index (κ1) is 9.50. The summed E-state index contributed by atoms with van der Waals surface area (Å²) in [4.78, 5) is 1.66. The van der Waals surface area contributed by atoms with E-state index < -0.39 is 0 Å². The van der Waals surface area contributed by atoms with Crippen LogP contribution in [0.1, 0.15) is 0 Å². The zero-order valence-electron chi connectivity index (χ0n) is 8.39. The number of nitrogens with one attached hydrogen (secondary N) is 4. The van der Waals surface area contributed by atoms with Crippen LogP contribution in [0.4, 0.5) is 17.3 Å². The average Bonchev–Trinajstić information content (AvgIpc) is 2.54. The van der Waals surface area contributed by atoms with Crippen molar-refractivity contribution in [3.8, 4) is 0 Å². The van der Waals surface area contributed by atoms with E-state index in [9.17, 15) is 0 Å². The Hall–Kier alpha value is -1.59. The Morgan fingerprint density at radius 1 is 1.00 bits per heavy atom. The smallest absolute Gasteiger partial charge is 0.175 e. The number of aromatic nitrogens is 2. The Morgan fingerprint density at radius 2 is 1.69 bits per heavy atom. The second kappa shape index (κ2) is 3.88. The summed E-state index contributed by atoms with van der Waals surface area (Å²) >= 11 is 0. The van der Waals surface area contributed by atoms with E-state index in [1.165, 1.54) is 0 Å². The molecule has 0 saturated heterocycles. The molecule has 13 heavy (non-hydrogen) atoms. The molecule has 0 fully saturated rings. The van der Waals surface area contributed by atoms with E-state index in [1.54, 1.807) is 4.79 Å². The molecule has 74 valence electrons. The minimum absolute atomic E-state index is 0.807. The van der Waals surface area contributed by atoms with Gasteiger partial charge in [-0.3, -0.25) is 0 Å². The molecule has 6 nitrogen and oxygen atoms in total. The van der Waals surface area contributed by atoms with Gasteiger partial charge in [-0.1, -0.05) is 0 Å². The first-order valence-electron chi connectivity index (χ1n) is 4.12. The average molecular weight is 184 g/mol. The molecule has 1 heterocycles. The van der Waals surface area contributed by atoms with Crippen molar-refractivity contribution in [2.75, 3.05) is 49.6 Å². The van der Waals surface area contributed by atoms with Crippen molar-refractivity contribution in [3.63, 3.8) is 0 Å². The maximum Gasteiger partial charge on any atom is 0.175 e. The molecule has 1 rings (SSSR count). The highest BCUT2D eigenvalue weighted by Gasteiger charge is 2.13. The fraction of sp³-hybridized carbons (Fsp3) is 0.571. The molecule has 0 saturated carbocycles. The molecule has 0 atom stereocenters. The number of hydrogen-bond acceptors (Lipinski definition) is 5. The standard InChI is InChI=1S/C7H16N6/c1-8-5-6(9-2)12-13(11-4)7(5)10-3/h8,10-11H,1-4H3,(H,9,12). The lowest BCUT2D eigenvalue weighted by Crippen LogP contribution is -2.13. The summed E-state index contributed by atoms with van der Waals surface area (Å²) < 4.78 is 0. The Bertz CT molecular complexity index is 252. The van der Waals surface area contributed by atoms with E-state index in [0.29, 0.717) is 0 Å². The summed E-state index contributed by atoms with van der Waals surface area (Å²) in [6, 6.07) is 0. The van der Waals surface area contributed by atoms with E-state index in [4.69, 9.17) is 0 Å². The van der Waals surface area contributed by atoms with Gasteiger partial charge in [0.05, 0.1) is 0 Å². The number of anilines is 3. The topological polar surface area (TPSA) is 65.9 Å². The fourth-order valence-corrected chi connectivity index (χ4v) is 1.22. The molecule has 1 aromatic heterocycles. The molecule has 1 aromatic rings. The Morgan fingerprint density at radius 3 is 2.08 bits per heavy atom. The molecule has 0 bridgehead atoms. The molecule has 0 spiro atoms. The number of hydrogen-bond donors (Lipinski definition) is 4. The maximum absolute atomic E-state index is 4.26. The van der Waals surface area contributed by atoms with Crippen molar-refractivity contribution in [3.05, 3.63) is 0 Å². The van der Waals surface area contributed by atoms with Gasteiger partial charge in [0.15, 0.2) is 11.6 Å². The summed E-state index contributed by atoms with van der Waals surface area (Å²) in [6.45, 7) is 0. The van der Waals surface area contributed by atoms with Crippen LogP contribution in [0.3, 0.4) is 0 Å². The second-order valence-electron chi connectivity index (χ2n) is 2.46. The van der Waals surface area contributed by atoms with Crippen molar-refractivity contribution in [2.24, 2.45) is 0 Å². The van der Waals surface area contributed by atoms with E-state index in [0.717, 1.165) is 17.3 Å². The van der Waals surface area contributed by atoms with Crippen molar-refractivity contribution < 1.29 is 0 Å².